The molecule has 0 radical (unpaired) electrons. The van der Waals surface area contributed by atoms with Gasteiger partial charge in [0.1, 0.15) is 0 Å². The van der Waals surface area contributed by atoms with Crippen molar-refractivity contribution in [1.29, 1.82) is 0 Å². The lowest BCUT2D eigenvalue weighted by Crippen LogP contribution is -2.53. The molecule has 0 bridgehead atoms. The lowest BCUT2D eigenvalue weighted by molar-refractivity contribution is 0.178. The van der Waals surface area contributed by atoms with Gasteiger partial charge in [-0.3, -0.25) is 0 Å². The van der Waals surface area contributed by atoms with Gasteiger partial charge in [-0.15, -0.1) is 11.3 Å². The summed E-state index contributed by atoms with van der Waals surface area (Å²) in [7, 11) is 4.53. The maximum atomic E-state index is 3.71. The average molecular weight is 281 g/mol. The zero-order valence-corrected chi connectivity index (χ0v) is 13.2. The predicted octanol–water partition coefficient (Wildman–Crippen LogP) is 1.90. The van der Waals surface area contributed by atoms with Crippen LogP contribution in [-0.2, 0) is 6.42 Å². The number of nitrogens with one attached hydrogen (secondary N) is 1. The van der Waals surface area contributed by atoms with Gasteiger partial charge in [0.25, 0.3) is 0 Å². The molecule has 0 aromatic carbocycles. The molecule has 2 atom stereocenters. The van der Waals surface area contributed by atoms with Crippen LogP contribution >= 0.6 is 11.3 Å². The fourth-order valence-corrected chi connectivity index (χ4v) is 3.76. The van der Waals surface area contributed by atoms with E-state index in [-0.39, 0.29) is 0 Å². The first kappa shape index (κ1) is 15.0. The van der Waals surface area contributed by atoms with Crippen LogP contribution in [-0.4, -0.2) is 62.2 Å². The summed E-state index contributed by atoms with van der Waals surface area (Å²) in [5.74, 6) is 0. The van der Waals surface area contributed by atoms with E-state index in [1.807, 2.05) is 11.3 Å². The molecular formula is C15H27N3S. The van der Waals surface area contributed by atoms with E-state index < -0.39 is 0 Å². The van der Waals surface area contributed by atoms with Crippen LogP contribution in [0.15, 0.2) is 17.5 Å². The van der Waals surface area contributed by atoms with Crippen LogP contribution in [0.2, 0.25) is 0 Å². The molecular weight excluding hydrogens is 254 g/mol. The number of rotatable bonds is 5. The summed E-state index contributed by atoms with van der Waals surface area (Å²) in [6, 6.07) is 5.57. The molecule has 1 aliphatic heterocycles. The summed E-state index contributed by atoms with van der Waals surface area (Å²) in [6.07, 6.45) is 2.43. The molecule has 1 saturated heterocycles. The molecule has 1 aromatic heterocycles. The van der Waals surface area contributed by atoms with Crippen LogP contribution in [0, 0.1) is 0 Å². The highest BCUT2D eigenvalue weighted by atomic mass is 32.1. The van der Waals surface area contributed by atoms with E-state index in [0.29, 0.717) is 12.1 Å². The Bertz CT molecular complexity index is 352. The smallest absolute Gasteiger partial charge is 0.0376 e. The van der Waals surface area contributed by atoms with Gasteiger partial charge in [-0.2, -0.15) is 0 Å². The molecule has 1 N–H and O–H groups in total. The van der Waals surface area contributed by atoms with Gasteiger partial charge in [-0.1, -0.05) is 13.0 Å². The van der Waals surface area contributed by atoms with Crippen molar-refractivity contribution in [2.75, 3.05) is 40.3 Å². The molecule has 0 spiro atoms. The molecule has 0 amide bonds. The van der Waals surface area contributed by atoms with Gasteiger partial charge in [0, 0.05) is 23.5 Å². The molecule has 1 aromatic rings. The van der Waals surface area contributed by atoms with Crippen LogP contribution in [0.3, 0.4) is 0 Å². The minimum atomic E-state index is 0.550. The van der Waals surface area contributed by atoms with E-state index in [1.165, 1.54) is 30.9 Å². The largest absolute Gasteiger partial charge is 0.312 e. The van der Waals surface area contributed by atoms with Crippen molar-refractivity contribution in [2.24, 2.45) is 0 Å². The van der Waals surface area contributed by atoms with E-state index in [4.69, 9.17) is 0 Å². The van der Waals surface area contributed by atoms with Crippen LogP contribution in [0.1, 0.15) is 18.2 Å². The maximum Gasteiger partial charge on any atom is 0.0376 e. The van der Waals surface area contributed by atoms with Crippen molar-refractivity contribution < 1.29 is 0 Å². The first-order valence-corrected chi connectivity index (χ1v) is 8.23. The lowest BCUT2D eigenvalue weighted by Gasteiger charge is -2.35. The van der Waals surface area contributed by atoms with E-state index in [2.05, 4.69) is 53.6 Å². The van der Waals surface area contributed by atoms with Crippen molar-refractivity contribution in [2.45, 2.75) is 31.8 Å². The lowest BCUT2D eigenvalue weighted by atomic mass is 10.0. The molecule has 2 heterocycles. The second kappa shape index (κ2) is 7.39. The van der Waals surface area contributed by atoms with Gasteiger partial charge in [-0.05, 0) is 58.0 Å². The zero-order valence-electron chi connectivity index (χ0n) is 12.4. The summed E-state index contributed by atoms with van der Waals surface area (Å²) in [6.45, 7) is 6.85. The second-order valence-electron chi connectivity index (χ2n) is 5.61. The minimum Gasteiger partial charge on any atom is -0.312 e. The highest BCUT2D eigenvalue weighted by Crippen LogP contribution is 2.17. The highest BCUT2D eigenvalue weighted by Gasteiger charge is 2.28. The Hall–Kier alpha value is -0.420. The first-order valence-electron chi connectivity index (χ1n) is 7.35. The van der Waals surface area contributed by atoms with E-state index in [9.17, 15) is 0 Å². The van der Waals surface area contributed by atoms with Gasteiger partial charge in [0.2, 0.25) is 0 Å². The Balaban J connectivity index is 2.06. The van der Waals surface area contributed by atoms with Crippen LogP contribution in [0.25, 0.3) is 0 Å². The van der Waals surface area contributed by atoms with E-state index in [0.717, 1.165) is 13.0 Å². The third-order valence-electron chi connectivity index (χ3n) is 4.05. The predicted molar refractivity (Wildman–Crippen MR) is 84.0 cm³/mol. The molecule has 1 aliphatic rings. The van der Waals surface area contributed by atoms with Gasteiger partial charge < -0.3 is 15.1 Å². The number of hydrogen-bond donors (Lipinski definition) is 1. The fraction of sp³-hybridized carbons (Fsp3) is 0.733. The third kappa shape index (κ3) is 4.28. The summed E-state index contributed by atoms with van der Waals surface area (Å²) < 4.78 is 0. The topological polar surface area (TPSA) is 18.5 Å². The molecule has 19 heavy (non-hydrogen) atoms. The van der Waals surface area contributed by atoms with E-state index >= 15 is 0 Å². The molecule has 2 rings (SSSR count). The number of hydrogen-bond acceptors (Lipinski definition) is 4. The first-order chi connectivity index (χ1) is 9.20. The summed E-state index contributed by atoms with van der Waals surface area (Å²) in [5.41, 5.74) is 0. The molecule has 1 fully saturated rings. The van der Waals surface area contributed by atoms with Crippen molar-refractivity contribution >= 4 is 11.3 Å². The summed E-state index contributed by atoms with van der Waals surface area (Å²) >= 11 is 1.88. The van der Waals surface area contributed by atoms with Gasteiger partial charge in [0.15, 0.2) is 0 Å². The van der Waals surface area contributed by atoms with Gasteiger partial charge in [0.05, 0.1) is 0 Å². The molecule has 0 aliphatic carbocycles. The summed E-state index contributed by atoms with van der Waals surface area (Å²) in [4.78, 5) is 6.52. The van der Waals surface area contributed by atoms with Crippen molar-refractivity contribution in [3.63, 3.8) is 0 Å². The maximum absolute atomic E-state index is 3.71. The fourth-order valence-electron chi connectivity index (χ4n) is 2.99. The minimum absolute atomic E-state index is 0.550. The Morgan fingerprint density at radius 1 is 1.42 bits per heavy atom. The average Bonchev–Trinajstić information content (AvgIpc) is 2.82. The second-order valence-corrected chi connectivity index (χ2v) is 6.64. The van der Waals surface area contributed by atoms with Gasteiger partial charge >= 0.3 is 0 Å². The summed E-state index contributed by atoms with van der Waals surface area (Å²) in [5, 5.41) is 5.89. The van der Waals surface area contributed by atoms with Crippen molar-refractivity contribution in [3.05, 3.63) is 22.4 Å². The van der Waals surface area contributed by atoms with Crippen LogP contribution < -0.4 is 5.32 Å². The quantitative estimate of drug-likeness (QED) is 0.889. The number of likely N-dealkylation sites (N-methyl/N-ethyl adjacent to an activating group) is 3. The molecule has 4 heteroatoms. The Morgan fingerprint density at radius 3 is 2.95 bits per heavy atom. The Kier molecular flexibility index (Phi) is 5.82. The van der Waals surface area contributed by atoms with Gasteiger partial charge in [-0.25, -0.2) is 0 Å². The monoisotopic (exact) mass is 281 g/mol. The van der Waals surface area contributed by atoms with Crippen molar-refractivity contribution in [1.82, 2.24) is 15.1 Å². The molecule has 3 nitrogen and oxygen atoms in total. The van der Waals surface area contributed by atoms with Crippen LogP contribution in [0.5, 0.6) is 0 Å². The number of nitrogens with zero attached hydrogens (tertiary/aromatic N) is 2. The Morgan fingerprint density at radius 2 is 2.26 bits per heavy atom. The standard InChI is InChI=1S/C15H27N3S/c1-4-16-14(11-13-7-5-10-19-13)15-12-17(2)8-6-9-18(15)3/h5,7,10,14-16H,4,6,8-9,11-12H2,1-3H3. The third-order valence-corrected chi connectivity index (χ3v) is 4.95. The highest BCUT2D eigenvalue weighted by molar-refractivity contribution is 7.09. The number of thiophene rings is 1. The van der Waals surface area contributed by atoms with Crippen molar-refractivity contribution in [3.8, 4) is 0 Å². The SMILES string of the molecule is CCNC(Cc1cccs1)C1CN(C)CCCN1C. The Labute approximate surface area is 121 Å². The van der Waals surface area contributed by atoms with E-state index in [1.54, 1.807) is 0 Å². The normalized spacial score (nSPS) is 24.3. The zero-order chi connectivity index (χ0) is 13.7. The van der Waals surface area contributed by atoms with Crippen LogP contribution in [0.4, 0.5) is 0 Å². The molecule has 0 saturated carbocycles. The molecule has 2 unspecified atom stereocenters. The molecule has 108 valence electrons.